The molecule has 1 heterocycles. The van der Waals surface area contributed by atoms with Crippen molar-refractivity contribution in [1.82, 2.24) is 0 Å². The molecule has 3 aromatic carbocycles. The minimum Gasteiger partial charge on any atom is -1.00 e. The molecule has 200 valence electrons. The van der Waals surface area contributed by atoms with Crippen LogP contribution in [0.25, 0.3) is 10.4 Å². The van der Waals surface area contributed by atoms with Crippen molar-refractivity contribution in [3.63, 3.8) is 0 Å². The molecule has 0 unspecified atom stereocenters. The van der Waals surface area contributed by atoms with Gasteiger partial charge in [0.05, 0.1) is 13.2 Å². The number of aromatic hydroxyl groups is 1. The molecule has 0 aliphatic rings. The molecule has 4 aromatic rings. The van der Waals surface area contributed by atoms with Gasteiger partial charge in [-0.15, -0.1) is 11.3 Å². The van der Waals surface area contributed by atoms with Gasteiger partial charge >= 0.3 is 35.5 Å². The first-order valence-electron chi connectivity index (χ1n) is 12.8. The summed E-state index contributed by atoms with van der Waals surface area (Å²) in [5.41, 5.74) is 2.88. The van der Waals surface area contributed by atoms with Crippen LogP contribution < -0.4 is 43.8 Å². The molecule has 0 spiro atoms. The molecule has 0 aliphatic carbocycles. The summed E-state index contributed by atoms with van der Waals surface area (Å²) in [5, 5.41) is 22.0. The van der Waals surface area contributed by atoms with Crippen LogP contribution in [0.3, 0.4) is 0 Å². The number of carboxylic acid groups (broad SMARTS) is 1. The number of carbonyl (C=O) groups is 1. The summed E-state index contributed by atoms with van der Waals surface area (Å²) in [6.07, 6.45) is 3.05. The number of thiophene rings is 1. The van der Waals surface area contributed by atoms with Crippen molar-refractivity contribution in [1.29, 1.82) is 0 Å². The minimum atomic E-state index is -1.04. The Morgan fingerprint density at radius 3 is 2.31 bits per heavy atom. The molecular weight excluding hydrogens is 523 g/mol. The number of hydrogen-bond donors (Lipinski definition) is 2. The Kier molecular flexibility index (Phi) is 11.7. The maximum Gasteiger partial charge on any atom is 1.00 e. The Morgan fingerprint density at radius 2 is 1.62 bits per heavy atom. The molecule has 2 N–H and O–H groups in total. The first kappa shape index (κ1) is 30.6. The van der Waals surface area contributed by atoms with Gasteiger partial charge in [0.25, 0.3) is 0 Å². The van der Waals surface area contributed by atoms with Crippen molar-refractivity contribution in [3.8, 4) is 39.2 Å². The zero-order chi connectivity index (χ0) is 26.9. The number of hydrogen-bond acceptors (Lipinski definition) is 6. The molecule has 0 amide bonds. The van der Waals surface area contributed by atoms with E-state index in [1.807, 2.05) is 41.8 Å². The van der Waals surface area contributed by atoms with Gasteiger partial charge in [0.15, 0.2) is 0 Å². The number of benzene rings is 3. The van der Waals surface area contributed by atoms with E-state index in [0.717, 1.165) is 40.8 Å². The molecule has 0 saturated heterocycles. The second kappa shape index (κ2) is 15.0. The second-order valence-electron chi connectivity index (χ2n) is 8.74. The summed E-state index contributed by atoms with van der Waals surface area (Å²) in [4.78, 5) is 12.6. The largest absolute Gasteiger partial charge is 1.00 e. The maximum absolute atomic E-state index is 11.6. The van der Waals surface area contributed by atoms with Crippen LogP contribution in [0.2, 0.25) is 0 Å². The van der Waals surface area contributed by atoms with E-state index < -0.39 is 5.97 Å². The first-order chi connectivity index (χ1) is 18.5. The second-order valence-corrected chi connectivity index (χ2v) is 9.69. The summed E-state index contributed by atoms with van der Waals surface area (Å²) in [6.45, 7) is 5.02. The van der Waals surface area contributed by atoms with Crippen molar-refractivity contribution in [2.75, 3.05) is 13.2 Å². The van der Waals surface area contributed by atoms with Crippen molar-refractivity contribution >= 4 is 17.3 Å². The van der Waals surface area contributed by atoms with E-state index >= 15 is 0 Å². The van der Waals surface area contributed by atoms with Crippen LogP contribution in [0.15, 0.2) is 72.1 Å². The minimum absolute atomic E-state index is 0. The number of rotatable bonds is 13. The van der Waals surface area contributed by atoms with Gasteiger partial charge in [-0.25, -0.2) is 4.79 Å². The summed E-state index contributed by atoms with van der Waals surface area (Å²) in [6, 6.07) is 19.8. The fourth-order valence-corrected chi connectivity index (χ4v) is 4.95. The number of aryl methyl sites for hydroxylation is 1. The van der Waals surface area contributed by atoms with Crippen LogP contribution in [-0.2, 0) is 12.8 Å². The van der Waals surface area contributed by atoms with Gasteiger partial charge in [0.2, 0.25) is 0 Å². The summed E-state index contributed by atoms with van der Waals surface area (Å²) < 4.78 is 18.2. The third-order valence-corrected chi connectivity index (χ3v) is 6.98. The van der Waals surface area contributed by atoms with E-state index in [-0.39, 0.29) is 42.3 Å². The Labute approximate surface area is 257 Å². The molecule has 1 aromatic heterocycles. The van der Waals surface area contributed by atoms with Gasteiger partial charge in [-0.2, -0.15) is 0 Å². The van der Waals surface area contributed by atoms with Crippen molar-refractivity contribution in [2.45, 2.75) is 39.5 Å². The van der Waals surface area contributed by atoms with Crippen LogP contribution >= 0.6 is 11.3 Å². The van der Waals surface area contributed by atoms with E-state index in [2.05, 4.69) is 13.8 Å². The zero-order valence-corrected chi connectivity index (χ0v) is 25.4. The molecule has 4 rings (SSSR count). The summed E-state index contributed by atoms with van der Waals surface area (Å²) >= 11 is 1.59. The van der Waals surface area contributed by atoms with Gasteiger partial charge in [-0.1, -0.05) is 44.5 Å². The average Bonchev–Trinajstić information content (AvgIpc) is 3.45. The van der Waals surface area contributed by atoms with Crippen LogP contribution in [0.1, 0.15) is 49.6 Å². The van der Waals surface area contributed by atoms with E-state index in [9.17, 15) is 15.0 Å². The third kappa shape index (κ3) is 7.79. The van der Waals surface area contributed by atoms with Gasteiger partial charge in [0, 0.05) is 28.5 Å². The molecule has 0 atom stereocenters. The molecule has 39 heavy (non-hydrogen) atoms. The van der Waals surface area contributed by atoms with Gasteiger partial charge in [-0.05, 0) is 60.2 Å². The van der Waals surface area contributed by atoms with Crippen LogP contribution in [-0.4, -0.2) is 29.4 Å². The van der Waals surface area contributed by atoms with Crippen LogP contribution in [0.5, 0.6) is 28.7 Å². The molecule has 0 saturated carbocycles. The summed E-state index contributed by atoms with van der Waals surface area (Å²) in [7, 11) is 0. The first-order valence-corrected chi connectivity index (χ1v) is 13.7. The van der Waals surface area contributed by atoms with Crippen molar-refractivity contribution in [3.05, 3.63) is 88.8 Å². The topological polar surface area (TPSA) is 85.2 Å². The van der Waals surface area contributed by atoms with E-state index in [4.69, 9.17) is 14.2 Å². The fraction of sp³-hybridized carbons (Fsp3) is 0.258. The SMILES string of the molecule is CCCc1c(OCCCOc2cc(O)c(-c3cccs3)cc2CC)cccc1Oc1ccccc1C(=O)O.[H-].[Na+]. The molecule has 0 radical (unpaired) electrons. The Bertz CT molecular complexity index is 1380. The van der Waals surface area contributed by atoms with Crippen LogP contribution in [0, 0.1) is 0 Å². The van der Waals surface area contributed by atoms with Crippen molar-refractivity contribution < 1.29 is 60.2 Å². The number of ether oxygens (including phenoxy) is 3. The standard InChI is InChI=1S/C31H32O6S.Na.H/c1-3-10-22-26(13-7-14-27(22)37-28-12-6-5-11-23(28)31(33)34)35-16-9-17-36-29-20-25(32)24(19-21(29)4-2)30-15-8-18-38-30;;/h5-8,11-15,18-20,32H,3-4,9-10,16-17H2,1-2H3,(H,33,34);;/q;+1;-1. The number of para-hydroxylation sites is 1. The number of phenols is 1. The predicted octanol–water partition coefficient (Wildman–Crippen LogP) is 5.09. The van der Waals surface area contributed by atoms with Crippen LogP contribution in [0.4, 0.5) is 0 Å². The van der Waals surface area contributed by atoms with E-state index in [0.29, 0.717) is 42.6 Å². The van der Waals surface area contributed by atoms with Gasteiger partial charge in [0.1, 0.15) is 34.3 Å². The zero-order valence-electron chi connectivity index (χ0n) is 23.6. The number of aromatic carboxylic acids is 1. The third-order valence-electron chi connectivity index (χ3n) is 6.08. The Hall–Kier alpha value is -2.97. The number of carboxylic acids is 1. The Morgan fingerprint density at radius 1 is 0.897 bits per heavy atom. The fourth-order valence-electron chi connectivity index (χ4n) is 4.20. The molecule has 8 heteroatoms. The van der Waals surface area contributed by atoms with E-state index in [1.54, 1.807) is 35.6 Å². The quantitative estimate of drug-likeness (QED) is 0.176. The molecular formula is C31H33NaO6S. The molecule has 0 aliphatic heterocycles. The smallest absolute Gasteiger partial charge is 1.00 e. The average molecular weight is 557 g/mol. The monoisotopic (exact) mass is 556 g/mol. The maximum atomic E-state index is 11.6. The predicted molar refractivity (Wildman–Crippen MR) is 151 cm³/mol. The summed E-state index contributed by atoms with van der Waals surface area (Å²) in [5.74, 6) is 1.45. The normalized spacial score (nSPS) is 10.5. The number of phenolic OH excluding ortho intramolecular Hbond substituents is 1. The molecule has 0 bridgehead atoms. The molecule has 6 nitrogen and oxygen atoms in total. The molecule has 0 fully saturated rings. The van der Waals surface area contributed by atoms with E-state index in [1.165, 1.54) is 6.07 Å². The van der Waals surface area contributed by atoms with Gasteiger partial charge < -0.3 is 25.9 Å². The van der Waals surface area contributed by atoms with Gasteiger partial charge in [-0.3, -0.25) is 0 Å². The Balaban J connectivity index is 0.00000280. The van der Waals surface area contributed by atoms with Crippen molar-refractivity contribution in [2.24, 2.45) is 0 Å².